The van der Waals surface area contributed by atoms with Gasteiger partial charge in [0.2, 0.25) is 5.91 Å². The topological polar surface area (TPSA) is 97.2 Å². The number of hydrogen-bond acceptors (Lipinski definition) is 5. The minimum Gasteiger partial charge on any atom is -0.361 e. The Labute approximate surface area is 92.0 Å². The maximum Gasteiger partial charge on any atom is 0.290 e. The number of aryl methyl sites for hydroxylation is 1. The van der Waals surface area contributed by atoms with Crippen LogP contribution in [0, 0.1) is 17.0 Å². The summed E-state index contributed by atoms with van der Waals surface area (Å²) in [4.78, 5) is 24.9. The summed E-state index contributed by atoms with van der Waals surface area (Å²) in [5.74, 6) is 0.254. The van der Waals surface area contributed by atoms with Crippen molar-refractivity contribution in [2.75, 3.05) is 18.9 Å². The molecule has 0 spiro atoms. The first-order valence-corrected chi connectivity index (χ1v) is 4.61. The minimum absolute atomic E-state index is 0.0366. The second-order valence-electron chi connectivity index (χ2n) is 3.08. The molecule has 0 aliphatic carbocycles. The van der Waals surface area contributed by atoms with E-state index in [2.05, 4.69) is 15.6 Å². The molecule has 0 atom stereocenters. The molecule has 0 aliphatic rings. The Balaban J connectivity index is 2.74. The first-order valence-electron chi connectivity index (χ1n) is 4.61. The van der Waals surface area contributed by atoms with Gasteiger partial charge in [0, 0.05) is 13.1 Å². The number of nitro groups is 1. The molecule has 0 radical (unpaired) electrons. The summed E-state index contributed by atoms with van der Waals surface area (Å²) in [6.45, 7) is 1.63. The third kappa shape index (κ3) is 2.91. The highest BCUT2D eigenvalue weighted by Gasteiger charge is 2.11. The monoisotopic (exact) mass is 224 g/mol. The van der Waals surface area contributed by atoms with Crippen molar-refractivity contribution in [1.29, 1.82) is 0 Å². The molecule has 1 rings (SSSR count). The number of nitrogens with zero attached hydrogens (tertiary/aromatic N) is 2. The first-order chi connectivity index (χ1) is 7.54. The molecule has 16 heavy (non-hydrogen) atoms. The van der Waals surface area contributed by atoms with Gasteiger partial charge in [-0.3, -0.25) is 14.9 Å². The SMILES string of the molecule is CNC(=O)CNc1ccc([N+](=O)[O-])c(C)n1. The number of nitrogens with one attached hydrogen (secondary N) is 2. The zero-order valence-corrected chi connectivity index (χ0v) is 8.98. The Hall–Kier alpha value is -2.18. The second kappa shape index (κ2) is 5.06. The van der Waals surface area contributed by atoms with Crippen LogP contribution in [0.5, 0.6) is 0 Å². The van der Waals surface area contributed by atoms with E-state index in [-0.39, 0.29) is 18.1 Å². The van der Waals surface area contributed by atoms with Crippen molar-refractivity contribution in [2.45, 2.75) is 6.92 Å². The third-order valence-corrected chi connectivity index (χ3v) is 1.96. The summed E-state index contributed by atoms with van der Waals surface area (Å²) in [5, 5.41) is 15.7. The zero-order chi connectivity index (χ0) is 12.1. The van der Waals surface area contributed by atoms with Gasteiger partial charge in [0.25, 0.3) is 5.69 Å². The van der Waals surface area contributed by atoms with Crippen LogP contribution >= 0.6 is 0 Å². The average molecular weight is 224 g/mol. The Kier molecular flexibility index (Phi) is 3.76. The highest BCUT2D eigenvalue weighted by Crippen LogP contribution is 2.17. The van der Waals surface area contributed by atoms with Crippen molar-refractivity contribution >= 4 is 17.4 Å². The van der Waals surface area contributed by atoms with Gasteiger partial charge in [-0.25, -0.2) is 4.98 Å². The molecular formula is C9H12N4O3. The highest BCUT2D eigenvalue weighted by molar-refractivity contribution is 5.80. The van der Waals surface area contributed by atoms with Crippen LogP contribution in [-0.2, 0) is 4.79 Å². The van der Waals surface area contributed by atoms with Gasteiger partial charge in [0.15, 0.2) is 0 Å². The van der Waals surface area contributed by atoms with Crippen molar-refractivity contribution in [3.63, 3.8) is 0 Å². The predicted octanol–water partition coefficient (Wildman–Crippen LogP) is 0.456. The summed E-state index contributed by atoms with van der Waals surface area (Å²) in [6, 6.07) is 2.82. The van der Waals surface area contributed by atoms with Gasteiger partial charge >= 0.3 is 0 Å². The number of carbonyl (C=O) groups is 1. The summed E-state index contributed by atoms with van der Waals surface area (Å²) < 4.78 is 0. The molecule has 7 heteroatoms. The molecule has 1 amide bonds. The first kappa shape index (κ1) is 11.9. The van der Waals surface area contributed by atoms with E-state index in [0.29, 0.717) is 11.5 Å². The summed E-state index contributed by atoms with van der Waals surface area (Å²) >= 11 is 0. The smallest absolute Gasteiger partial charge is 0.290 e. The lowest BCUT2D eigenvalue weighted by atomic mass is 10.3. The molecule has 7 nitrogen and oxygen atoms in total. The van der Waals surface area contributed by atoms with Crippen LogP contribution in [0.15, 0.2) is 12.1 Å². The number of carbonyl (C=O) groups excluding carboxylic acids is 1. The van der Waals surface area contributed by atoms with Crippen molar-refractivity contribution in [3.05, 3.63) is 27.9 Å². The van der Waals surface area contributed by atoms with Gasteiger partial charge in [-0.1, -0.05) is 0 Å². The van der Waals surface area contributed by atoms with Gasteiger partial charge in [-0.2, -0.15) is 0 Å². The Morgan fingerprint density at radius 3 is 2.75 bits per heavy atom. The molecule has 0 saturated carbocycles. The van der Waals surface area contributed by atoms with Gasteiger partial charge in [-0.15, -0.1) is 0 Å². The van der Waals surface area contributed by atoms with E-state index in [1.807, 2.05) is 0 Å². The molecule has 0 fully saturated rings. The lowest BCUT2D eigenvalue weighted by Crippen LogP contribution is -2.26. The number of aromatic nitrogens is 1. The van der Waals surface area contributed by atoms with Crippen LogP contribution in [0.1, 0.15) is 5.69 Å². The van der Waals surface area contributed by atoms with Crippen LogP contribution in [0.25, 0.3) is 0 Å². The average Bonchev–Trinajstić information content (AvgIpc) is 2.25. The zero-order valence-electron chi connectivity index (χ0n) is 8.98. The van der Waals surface area contributed by atoms with Gasteiger partial charge in [0.1, 0.15) is 11.5 Å². The second-order valence-corrected chi connectivity index (χ2v) is 3.08. The molecule has 0 saturated heterocycles. The van der Waals surface area contributed by atoms with E-state index >= 15 is 0 Å². The number of pyridine rings is 1. The van der Waals surface area contributed by atoms with Crippen LogP contribution in [0.3, 0.4) is 0 Å². The fraction of sp³-hybridized carbons (Fsp3) is 0.333. The van der Waals surface area contributed by atoms with Gasteiger partial charge < -0.3 is 10.6 Å². The van der Waals surface area contributed by atoms with Crippen molar-refractivity contribution in [3.8, 4) is 0 Å². The standard InChI is InChI=1S/C9H12N4O3/c1-6-7(13(15)16)3-4-8(12-6)11-5-9(14)10-2/h3-4H,5H2,1-2H3,(H,10,14)(H,11,12). The van der Waals surface area contributed by atoms with Gasteiger partial charge in [0.05, 0.1) is 11.5 Å². The molecule has 1 aromatic heterocycles. The molecule has 86 valence electrons. The largest absolute Gasteiger partial charge is 0.361 e. The van der Waals surface area contributed by atoms with E-state index in [0.717, 1.165) is 0 Å². The quantitative estimate of drug-likeness (QED) is 0.571. The fourth-order valence-electron chi connectivity index (χ4n) is 1.10. The van der Waals surface area contributed by atoms with E-state index < -0.39 is 4.92 Å². The van der Waals surface area contributed by atoms with E-state index in [1.165, 1.54) is 19.2 Å². The van der Waals surface area contributed by atoms with E-state index in [1.54, 1.807) is 6.92 Å². The van der Waals surface area contributed by atoms with Crippen molar-refractivity contribution < 1.29 is 9.72 Å². The summed E-state index contributed by atoms with van der Waals surface area (Å²) in [7, 11) is 1.53. The molecule has 1 heterocycles. The molecule has 0 bridgehead atoms. The normalized spacial score (nSPS) is 9.62. The minimum atomic E-state index is -0.495. The third-order valence-electron chi connectivity index (χ3n) is 1.96. The lowest BCUT2D eigenvalue weighted by molar-refractivity contribution is -0.385. The van der Waals surface area contributed by atoms with E-state index in [9.17, 15) is 14.9 Å². The Bertz CT molecular complexity index is 419. The molecular weight excluding hydrogens is 212 g/mol. The van der Waals surface area contributed by atoms with E-state index in [4.69, 9.17) is 0 Å². The molecule has 0 unspecified atom stereocenters. The highest BCUT2D eigenvalue weighted by atomic mass is 16.6. The lowest BCUT2D eigenvalue weighted by Gasteiger charge is -2.05. The maximum atomic E-state index is 10.9. The summed E-state index contributed by atoms with van der Waals surface area (Å²) in [5.41, 5.74) is 0.275. The Morgan fingerprint density at radius 1 is 1.56 bits per heavy atom. The molecule has 0 aromatic carbocycles. The van der Waals surface area contributed by atoms with Crippen LogP contribution in [0.2, 0.25) is 0 Å². The van der Waals surface area contributed by atoms with Crippen molar-refractivity contribution in [2.24, 2.45) is 0 Å². The predicted molar refractivity (Wildman–Crippen MR) is 58.2 cm³/mol. The van der Waals surface area contributed by atoms with Gasteiger partial charge in [-0.05, 0) is 13.0 Å². The number of likely N-dealkylation sites (N-methyl/N-ethyl adjacent to an activating group) is 1. The van der Waals surface area contributed by atoms with Crippen LogP contribution < -0.4 is 10.6 Å². The Morgan fingerprint density at radius 2 is 2.25 bits per heavy atom. The molecule has 2 N–H and O–H groups in total. The number of amides is 1. The van der Waals surface area contributed by atoms with Crippen LogP contribution in [-0.4, -0.2) is 29.4 Å². The summed E-state index contributed by atoms with van der Waals surface area (Å²) in [6.07, 6.45) is 0. The molecule has 1 aromatic rings. The van der Waals surface area contributed by atoms with Crippen LogP contribution in [0.4, 0.5) is 11.5 Å². The number of anilines is 1. The molecule has 0 aliphatic heterocycles. The number of rotatable bonds is 4. The maximum absolute atomic E-state index is 10.9. The number of hydrogen-bond donors (Lipinski definition) is 2. The van der Waals surface area contributed by atoms with Crippen molar-refractivity contribution in [1.82, 2.24) is 10.3 Å². The fourth-order valence-corrected chi connectivity index (χ4v) is 1.10.